The Morgan fingerprint density at radius 1 is 1.37 bits per heavy atom. The highest BCUT2D eigenvalue weighted by atomic mass is 16.6. The fourth-order valence-electron chi connectivity index (χ4n) is 4.28. The zero-order valence-electron chi connectivity index (χ0n) is 12.6. The van der Waals surface area contributed by atoms with E-state index in [9.17, 15) is 0 Å². The van der Waals surface area contributed by atoms with Crippen LogP contribution in [0.15, 0.2) is 11.6 Å². The number of rotatable bonds is 3. The molecule has 3 nitrogen and oxygen atoms in total. The summed E-state index contributed by atoms with van der Waals surface area (Å²) < 4.78 is 17.8. The lowest BCUT2D eigenvalue weighted by molar-refractivity contribution is -0.243. The van der Waals surface area contributed by atoms with Crippen molar-refractivity contribution < 1.29 is 14.2 Å². The van der Waals surface area contributed by atoms with E-state index in [2.05, 4.69) is 26.8 Å². The third-order valence-electron chi connectivity index (χ3n) is 5.05. The molecule has 3 aliphatic rings. The van der Waals surface area contributed by atoms with Gasteiger partial charge >= 0.3 is 0 Å². The monoisotopic (exact) mass is 266 g/mol. The van der Waals surface area contributed by atoms with Crippen LogP contribution in [0.5, 0.6) is 0 Å². The summed E-state index contributed by atoms with van der Waals surface area (Å²) >= 11 is 0. The second-order valence-corrected chi connectivity index (χ2v) is 6.91. The van der Waals surface area contributed by atoms with E-state index in [1.807, 2.05) is 7.11 Å². The predicted molar refractivity (Wildman–Crippen MR) is 74.1 cm³/mol. The highest BCUT2D eigenvalue weighted by molar-refractivity contribution is 5.16. The quantitative estimate of drug-likeness (QED) is 0.581. The maximum Gasteiger partial charge on any atom is 0.0996 e. The van der Waals surface area contributed by atoms with Gasteiger partial charge in [-0.15, -0.1) is 0 Å². The Labute approximate surface area is 116 Å². The van der Waals surface area contributed by atoms with Gasteiger partial charge in [-0.05, 0) is 40.0 Å². The standard InChI is InChI=1S/C16H26O3/c1-11(2)8-12-9-15(3,19-12)14-13(17-4)6-5-7-16(14)10-18-16/h8,12-14H,5-7,9-10H2,1-4H3. The minimum atomic E-state index is -0.0752. The molecule has 19 heavy (non-hydrogen) atoms. The van der Waals surface area contributed by atoms with Gasteiger partial charge in [0.15, 0.2) is 0 Å². The summed E-state index contributed by atoms with van der Waals surface area (Å²) in [7, 11) is 1.83. The molecule has 3 rings (SSSR count). The van der Waals surface area contributed by atoms with Gasteiger partial charge in [0.1, 0.15) is 0 Å². The SMILES string of the molecule is COC1CCCC2(CO2)C1C1(C)CC(C=C(C)C)O1. The van der Waals surface area contributed by atoms with Crippen LogP contribution >= 0.6 is 0 Å². The molecule has 2 saturated heterocycles. The van der Waals surface area contributed by atoms with Crippen LogP contribution in [0.1, 0.15) is 46.5 Å². The highest BCUT2D eigenvalue weighted by Gasteiger charge is 2.65. The van der Waals surface area contributed by atoms with Crippen LogP contribution in [-0.4, -0.2) is 37.1 Å². The van der Waals surface area contributed by atoms with Crippen molar-refractivity contribution in [2.75, 3.05) is 13.7 Å². The van der Waals surface area contributed by atoms with Crippen LogP contribution < -0.4 is 0 Å². The van der Waals surface area contributed by atoms with E-state index in [0.29, 0.717) is 5.92 Å². The molecule has 1 aliphatic carbocycles. The molecular weight excluding hydrogens is 240 g/mol. The van der Waals surface area contributed by atoms with E-state index < -0.39 is 0 Å². The predicted octanol–water partition coefficient (Wildman–Crippen LogP) is 3.08. The summed E-state index contributed by atoms with van der Waals surface area (Å²) in [5.74, 6) is 0.389. The van der Waals surface area contributed by atoms with Crippen LogP contribution in [0.3, 0.4) is 0 Å². The average molecular weight is 266 g/mol. The van der Waals surface area contributed by atoms with Gasteiger partial charge in [-0.1, -0.05) is 11.6 Å². The zero-order chi connectivity index (χ0) is 13.7. The van der Waals surface area contributed by atoms with Crippen molar-refractivity contribution in [2.24, 2.45) is 5.92 Å². The molecule has 3 fully saturated rings. The third-order valence-corrected chi connectivity index (χ3v) is 5.05. The lowest BCUT2D eigenvalue weighted by atomic mass is 9.65. The molecule has 2 aliphatic heterocycles. The molecule has 3 heteroatoms. The molecule has 5 atom stereocenters. The van der Waals surface area contributed by atoms with Crippen LogP contribution in [0, 0.1) is 5.92 Å². The van der Waals surface area contributed by atoms with Crippen molar-refractivity contribution >= 4 is 0 Å². The molecular formula is C16H26O3. The summed E-state index contributed by atoms with van der Waals surface area (Å²) in [6.45, 7) is 7.39. The van der Waals surface area contributed by atoms with E-state index in [0.717, 1.165) is 19.4 Å². The largest absolute Gasteiger partial charge is 0.381 e. The molecule has 0 N–H and O–H groups in total. The molecule has 0 amide bonds. The molecule has 0 aromatic heterocycles. The van der Waals surface area contributed by atoms with Gasteiger partial charge in [0, 0.05) is 19.4 Å². The second kappa shape index (κ2) is 4.57. The molecule has 0 aromatic rings. The molecule has 1 spiro atoms. The summed E-state index contributed by atoms with van der Waals surface area (Å²) in [6.07, 6.45) is 7.41. The van der Waals surface area contributed by atoms with Crippen LogP contribution in [0.25, 0.3) is 0 Å². The molecule has 0 aromatic carbocycles. The van der Waals surface area contributed by atoms with Crippen molar-refractivity contribution in [3.63, 3.8) is 0 Å². The summed E-state index contributed by atoms with van der Waals surface area (Å²) in [5, 5.41) is 0. The van der Waals surface area contributed by atoms with Gasteiger partial charge in [0.25, 0.3) is 0 Å². The molecule has 0 radical (unpaired) electrons. The van der Waals surface area contributed by atoms with E-state index in [-0.39, 0.29) is 23.4 Å². The summed E-state index contributed by atoms with van der Waals surface area (Å²) in [4.78, 5) is 0. The average Bonchev–Trinajstić information content (AvgIpc) is 3.05. The fourth-order valence-corrected chi connectivity index (χ4v) is 4.28. The van der Waals surface area contributed by atoms with Crippen LogP contribution in [0.2, 0.25) is 0 Å². The number of allylic oxidation sites excluding steroid dienone is 1. The number of epoxide rings is 1. The number of hydrogen-bond donors (Lipinski definition) is 0. The highest BCUT2D eigenvalue weighted by Crippen LogP contribution is 2.56. The lowest BCUT2D eigenvalue weighted by Crippen LogP contribution is -2.62. The first kappa shape index (κ1) is 13.6. The number of methoxy groups -OCH3 is 1. The van der Waals surface area contributed by atoms with Crippen molar-refractivity contribution in [1.29, 1.82) is 0 Å². The first-order chi connectivity index (χ1) is 8.99. The Kier molecular flexibility index (Phi) is 3.27. The number of ether oxygens (including phenoxy) is 3. The Morgan fingerprint density at radius 3 is 2.58 bits per heavy atom. The topological polar surface area (TPSA) is 31.0 Å². The third kappa shape index (κ3) is 2.26. The second-order valence-electron chi connectivity index (χ2n) is 6.91. The zero-order valence-corrected chi connectivity index (χ0v) is 12.6. The minimum Gasteiger partial charge on any atom is -0.381 e. The van der Waals surface area contributed by atoms with Gasteiger partial charge in [0.2, 0.25) is 0 Å². The first-order valence-corrected chi connectivity index (χ1v) is 7.49. The smallest absolute Gasteiger partial charge is 0.0996 e. The normalized spacial score (nSPS) is 48.7. The van der Waals surface area contributed by atoms with Crippen LogP contribution in [-0.2, 0) is 14.2 Å². The Hall–Kier alpha value is -0.380. The molecule has 5 unspecified atom stereocenters. The molecule has 1 saturated carbocycles. The lowest BCUT2D eigenvalue weighted by Gasteiger charge is -2.54. The van der Waals surface area contributed by atoms with Crippen molar-refractivity contribution in [3.05, 3.63) is 11.6 Å². The summed E-state index contributed by atoms with van der Waals surface area (Å²) in [5.41, 5.74) is 1.31. The van der Waals surface area contributed by atoms with E-state index >= 15 is 0 Å². The first-order valence-electron chi connectivity index (χ1n) is 7.49. The molecule has 108 valence electrons. The Morgan fingerprint density at radius 2 is 2.05 bits per heavy atom. The van der Waals surface area contributed by atoms with E-state index in [1.54, 1.807) is 0 Å². The van der Waals surface area contributed by atoms with Gasteiger partial charge in [-0.25, -0.2) is 0 Å². The van der Waals surface area contributed by atoms with Crippen LogP contribution in [0.4, 0.5) is 0 Å². The number of hydrogen-bond acceptors (Lipinski definition) is 3. The van der Waals surface area contributed by atoms with Crippen molar-refractivity contribution in [1.82, 2.24) is 0 Å². The van der Waals surface area contributed by atoms with Gasteiger partial charge < -0.3 is 14.2 Å². The van der Waals surface area contributed by atoms with Gasteiger partial charge in [0.05, 0.1) is 30.0 Å². The van der Waals surface area contributed by atoms with Crippen molar-refractivity contribution in [3.8, 4) is 0 Å². The van der Waals surface area contributed by atoms with Gasteiger partial charge in [-0.3, -0.25) is 0 Å². The minimum absolute atomic E-state index is 0.0591. The fraction of sp³-hybridized carbons (Fsp3) is 0.875. The Balaban J connectivity index is 1.75. The molecule has 0 bridgehead atoms. The van der Waals surface area contributed by atoms with Gasteiger partial charge in [-0.2, -0.15) is 0 Å². The van der Waals surface area contributed by atoms with E-state index in [4.69, 9.17) is 14.2 Å². The maximum absolute atomic E-state index is 6.25. The summed E-state index contributed by atoms with van der Waals surface area (Å²) in [6, 6.07) is 0. The van der Waals surface area contributed by atoms with Crippen molar-refractivity contribution in [2.45, 2.75) is 69.9 Å². The Bertz CT molecular complexity index is 373. The maximum atomic E-state index is 6.25. The molecule has 2 heterocycles. The van der Waals surface area contributed by atoms with E-state index in [1.165, 1.54) is 18.4 Å².